The minimum Gasteiger partial charge on any atom is -0.478 e. The third-order valence-electron chi connectivity index (χ3n) is 4.01. The van der Waals surface area contributed by atoms with Gasteiger partial charge in [-0.1, -0.05) is 13.8 Å². The summed E-state index contributed by atoms with van der Waals surface area (Å²) in [5, 5.41) is 9.20. The first kappa shape index (κ1) is 15.7. The van der Waals surface area contributed by atoms with Crippen LogP contribution in [0, 0.1) is 5.41 Å². The van der Waals surface area contributed by atoms with E-state index >= 15 is 0 Å². The molecule has 21 heavy (non-hydrogen) atoms. The van der Waals surface area contributed by atoms with Crippen LogP contribution in [0.1, 0.15) is 42.6 Å². The molecule has 0 saturated carbocycles. The number of hydrogen-bond donors (Lipinski definition) is 1. The molecular formula is C15H18F3NO2. The summed E-state index contributed by atoms with van der Waals surface area (Å²) < 4.78 is 38.1. The normalized spacial score (nSPS) is 18.6. The highest BCUT2D eigenvalue weighted by Gasteiger charge is 2.33. The number of nitrogens with zero attached hydrogens (tertiary/aromatic N) is 1. The fourth-order valence-electron chi connectivity index (χ4n) is 2.51. The van der Waals surface area contributed by atoms with Gasteiger partial charge < -0.3 is 10.0 Å². The molecule has 116 valence electrons. The van der Waals surface area contributed by atoms with E-state index in [1.807, 2.05) is 4.90 Å². The first-order valence-corrected chi connectivity index (χ1v) is 6.80. The highest BCUT2D eigenvalue weighted by molar-refractivity contribution is 5.94. The Morgan fingerprint density at radius 3 is 2.29 bits per heavy atom. The molecular weight excluding hydrogens is 283 g/mol. The number of halogens is 3. The number of carbonyl (C=O) groups is 1. The van der Waals surface area contributed by atoms with Crippen LogP contribution in [0.5, 0.6) is 0 Å². The third kappa shape index (κ3) is 3.49. The fourth-order valence-corrected chi connectivity index (χ4v) is 2.51. The number of carboxylic acid groups (broad SMARTS) is 1. The quantitative estimate of drug-likeness (QED) is 0.896. The molecule has 6 heteroatoms. The van der Waals surface area contributed by atoms with Gasteiger partial charge in [-0.05, 0) is 36.5 Å². The summed E-state index contributed by atoms with van der Waals surface area (Å²) in [4.78, 5) is 13.1. The van der Waals surface area contributed by atoms with Crippen molar-refractivity contribution in [2.24, 2.45) is 5.41 Å². The molecule has 0 aliphatic carbocycles. The number of hydrogen-bond acceptors (Lipinski definition) is 2. The Morgan fingerprint density at radius 1 is 1.24 bits per heavy atom. The topological polar surface area (TPSA) is 40.5 Å². The van der Waals surface area contributed by atoms with E-state index in [9.17, 15) is 23.1 Å². The predicted octanol–water partition coefficient (Wildman–Crippen LogP) is 4.03. The van der Waals surface area contributed by atoms with Crippen LogP contribution in [0.3, 0.4) is 0 Å². The molecule has 1 aromatic carbocycles. The number of rotatable bonds is 2. The van der Waals surface area contributed by atoms with Gasteiger partial charge in [-0.2, -0.15) is 13.2 Å². The Hall–Kier alpha value is -1.72. The summed E-state index contributed by atoms with van der Waals surface area (Å²) in [6, 6.07) is 2.93. The predicted molar refractivity (Wildman–Crippen MR) is 73.6 cm³/mol. The maximum absolute atomic E-state index is 12.7. The first-order chi connectivity index (χ1) is 9.60. The van der Waals surface area contributed by atoms with Crippen molar-refractivity contribution >= 4 is 11.7 Å². The van der Waals surface area contributed by atoms with E-state index in [-0.39, 0.29) is 11.0 Å². The van der Waals surface area contributed by atoms with E-state index in [0.29, 0.717) is 18.8 Å². The van der Waals surface area contributed by atoms with Crippen LogP contribution in [0.2, 0.25) is 0 Å². The Kier molecular flexibility index (Phi) is 3.91. The van der Waals surface area contributed by atoms with Gasteiger partial charge in [0, 0.05) is 13.1 Å². The zero-order valence-corrected chi connectivity index (χ0v) is 12.0. The average Bonchev–Trinajstić information content (AvgIpc) is 2.37. The summed E-state index contributed by atoms with van der Waals surface area (Å²) >= 11 is 0. The van der Waals surface area contributed by atoms with Gasteiger partial charge in [0.05, 0.1) is 16.8 Å². The minimum atomic E-state index is -4.54. The summed E-state index contributed by atoms with van der Waals surface area (Å²) in [5.41, 5.74) is -0.664. The maximum Gasteiger partial charge on any atom is 0.416 e. The minimum absolute atomic E-state index is 0.186. The second-order valence-electron chi connectivity index (χ2n) is 6.19. The lowest BCUT2D eigenvalue weighted by Crippen LogP contribution is -2.38. The van der Waals surface area contributed by atoms with Gasteiger partial charge in [0.1, 0.15) is 0 Å². The smallest absolute Gasteiger partial charge is 0.416 e. The largest absolute Gasteiger partial charge is 0.478 e. The van der Waals surface area contributed by atoms with Gasteiger partial charge >= 0.3 is 12.1 Å². The van der Waals surface area contributed by atoms with Crippen molar-refractivity contribution in [1.82, 2.24) is 0 Å². The van der Waals surface area contributed by atoms with Crippen molar-refractivity contribution in [3.8, 4) is 0 Å². The van der Waals surface area contributed by atoms with Crippen LogP contribution in [-0.4, -0.2) is 24.2 Å². The fraction of sp³-hybridized carbons (Fsp3) is 0.533. The zero-order chi connectivity index (χ0) is 15.8. The molecule has 1 heterocycles. The molecule has 2 rings (SSSR count). The van der Waals surface area contributed by atoms with Gasteiger partial charge in [0.15, 0.2) is 0 Å². The molecule has 1 aliphatic heterocycles. The average molecular weight is 301 g/mol. The molecule has 0 amide bonds. The molecule has 0 atom stereocenters. The van der Waals surface area contributed by atoms with Crippen molar-refractivity contribution < 1.29 is 23.1 Å². The van der Waals surface area contributed by atoms with E-state index in [2.05, 4.69) is 13.8 Å². The van der Waals surface area contributed by atoms with E-state index in [0.717, 1.165) is 25.0 Å². The Labute approximate surface area is 121 Å². The van der Waals surface area contributed by atoms with Gasteiger partial charge in [0.2, 0.25) is 0 Å². The van der Waals surface area contributed by atoms with Gasteiger partial charge in [-0.15, -0.1) is 0 Å². The van der Waals surface area contributed by atoms with Crippen LogP contribution in [0.4, 0.5) is 18.9 Å². The summed E-state index contributed by atoms with van der Waals surface area (Å²) in [5.74, 6) is -1.33. The van der Waals surface area contributed by atoms with Crippen molar-refractivity contribution in [1.29, 1.82) is 0 Å². The molecule has 0 bridgehead atoms. The number of anilines is 1. The number of aromatic carboxylic acids is 1. The second-order valence-corrected chi connectivity index (χ2v) is 6.19. The molecule has 1 N–H and O–H groups in total. The van der Waals surface area contributed by atoms with E-state index in [4.69, 9.17) is 0 Å². The maximum atomic E-state index is 12.7. The van der Waals surface area contributed by atoms with Gasteiger partial charge in [-0.3, -0.25) is 0 Å². The first-order valence-electron chi connectivity index (χ1n) is 6.80. The van der Waals surface area contributed by atoms with Gasteiger partial charge in [0.25, 0.3) is 0 Å². The van der Waals surface area contributed by atoms with E-state index in [1.54, 1.807) is 0 Å². The van der Waals surface area contributed by atoms with Crippen molar-refractivity contribution in [2.45, 2.75) is 32.9 Å². The lowest BCUT2D eigenvalue weighted by atomic mass is 9.82. The zero-order valence-electron chi connectivity index (χ0n) is 12.0. The standard InChI is InChI=1S/C15H18F3NO2/c1-14(2)5-7-19(8-6-14)12-4-3-10(15(16,17)18)9-11(12)13(20)21/h3-4,9H,5-8H2,1-2H3,(H,20,21). The molecule has 1 aliphatic rings. The van der Waals surface area contributed by atoms with Crippen LogP contribution < -0.4 is 4.90 Å². The summed E-state index contributed by atoms with van der Waals surface area (Å²) in [6.07, 6.45) is -2.77. The van der Waals surface area contributed by atoms with Crippen LogP contribution in [0.25, 0.3) is 0 Å². The third-order valence-corrected chi connectivity index (χ3v) is 4.01. The van der Waals surface area contributed by atoms with Crippen LogP contribution >= 0.6 is 0 Å². The Balaban J connectivity index is 2.34. The van der Waals surface area contributed by atoms with E-state index in [1.165, 1.54) is 6.07 Å². The van der Waals surface area contributed by atoms with Crippen molar-refractivity contribution in [3.63, 3.8) is 0 Å². The molecule has 1 saturated heterocycles. The highest BCUT2D eigenvalue weighted by atomic mass is 19.4. The van der Waals surface area contributed by atoms with Crippen molar-refractivity contribution in [3.05, 3.63) is 29.3 Å². The second kappa shape index (κ2) is 5.24. The summed E-state index contributed by atoms with van der Waals surface area (Å²) in [6.45, 7) is 5.57. The van der Waals surface area contributed by atoms with Crippen molar-refractivity contribution in [2.75, 3.05) is 18.0 Å². The molecule has 3 nitrogen and oxygen atoms in total. The van der Waals surface area contributed by atoms with Gasteiger partial charge in [-0.25, -0.2) is 4.79 Å². The van der Waals surface area contributed by atoms with Crippen LogP contribution in [0.15, 0.2) is 18.2 Å². The molecule has 0 aromatic heterocycles. The molecule has 0 unspecified atom stereocenters. The lowest BCUT2D eigenvalue weighted by Gasteiger charge is -2.38. The number of alkyl halides is 3. The number of piperidine rings is 1. The Morgan fingerprint density at radius 2 is 1.81 bits per heavy atom. The molecule has 0 radical (unpaired) electrons. The monoisotopic (exact) mass is 301 g/mol. The SMILES string of the molecule is CC1(C)CCN(c2ccc(C(F)(F)F)cc2C(=O)O)CC1. The molecule has 1 fully saturated rings. The molecule has 1 aromatic rings. The summed E-state index contributed by atoms with van der Waals surface area (Å²) in [7, 11) is 0. The lowest BCUT2D eigenvalue weighted by molar-refractivity contribution is -0.137. The number of benzene rings is 1. The van der Waals surface area contributed by atoms with Crippen LogP contribution in [-0.2, 0) is 6.18 Å². The number of carboxylic acids is 1. The molecule has 0 spiro atoms. The Bertz CT molecular complexity index is 542. The van der Waals surface area contributed by atoms with E-state index < -0.39 is 17.7 Å². The highest BCUT2D eigenvalue weighted by Crippen LogP contribution is 2.36.